The monoisotopic (exact) mass is 475 g/mol. The van der Waals surface area contributed by atoms with Crippen molar-refractivity contribution in [2.24, 2.45) is 0 Å². The molecule has 0 unspecified atom stereocenters. The minimum absolute atomic E-state index is 0.0351. The topological polar surface area (TPSA) is 48.4 Å². The van der Waals surface area contributed by atoms with E-state index in [9.17, 15) is 18.3 Å². The Kier molecular flexibility index (Phi) is 5.87. The van der Waals surface area contributed by atoms with Gasteiger partial charge in [0.05, 0.1) is 17.1 Å². The van der Waals surface area contributed by atoms with E-state index in [4.69, 9.17) is 11.6 Å². The Labute approximate surface area is 195 Å². The van der Waals surface area contributed by atoms with E-state index >= 15 is 0 Å². The van der Waals surface area contributed by atoms with Gasteiger partial charge in [0.2, 0.25) is 0 Å². The molecule has 2 aromatic carbocycles. The molecule has 2 heterocycles. The molecule has 3 aromatic rings. The van der Waals surface area contributed by atoms with Crippen LogP contribution in [-0.2, 0) is 0 Å². The van der Waals surface area contributed by atoms with Gasteiger partial charge in [0, 0.05) is 42.3 Å². The lowest BCUT2D eigenvalue weighted by atomic mass is 9.90. The number of nitrogens with one attached hydrogen (secondary N) is 1. The highest BCUT2D eigenvalue weighted by atomic mass is 35.5. The van der Waals surface area contributed by atoms with Crippen LogP contribution in [0.1, 0.15) is 32.1 Å². The minimum atomic E-state index is -2.55. The lowest BCUT2D eigenvalue weighted by Crippen LogP contribution is -2.40. The van der Waals surface area contributed by atoms with Crippen molar-refractivity contribution < 1.29 is 18.3 Å². The molecule has 0 amide bonds. The van der Waals surface area contributed by atoms with Gasteiger partial charge in [0.25, 0.3) is 5.92 Å². The Morgan fingerprint density at radius 1 is 1.06 bits per heavy atom. The Bertz CT molecular complexity index is 1160. The third-order valence-electron chi connectivity index (χ3n) is 6.86. The van der Waals surface area contributed by atoms with E-state index in [2.05, 4.69) is 10.3 Å². The van der Waals surface area contributed by atoms with Gasteiger partial charge < -0.3 is 10.4 Å². The summed E-state index contributed by atoms with van der Waals surface area (Å²) in [6.07, 6.45) is 5.33. The van der Waals surface area contributed by atoms with Crippen molar-refractivity contribution in [3.8, 4) is 16.9 Å². The molecule has 0 radical (unpaired) electrons. The molecule has 5 rings (SSSR count). The zero-order valence-corrected chi connectivity index (χ0v) is 18.8. The molecule has 8 heteroatoms. The predicted octanol–water partition coefficient (Wildman–Crippen LogP) is 6.46. The van der Waals surface area contributed by atoms with Gasteiger partial charge in [-0.15, -0.1) is 0 Å². The van der Waals surface area contributed by atoms with Gasteiger partial charge in [-0.2, -0.15) is 0 Å². The van der Waals surface area contributed by atoms with E-state index in [0.717, 1.165) is 47.8 Å². The molecular formula is C25H25ClF3N3O. The van der Waals surface area contributed by atoms with Crippen LogP contribution in [0.15, 0.2) is 42.6 Å². The number of benzene rings is 2. The van der Waals surface area contributed by atoms with Crippen LogP contribution in [0, 0.1) is 5.82 Å². The normalized spacial score (nSPS) is 23.2. The molecule has 1 aromatic heterocycles. The summed E-state index contributed by atoms with van der Waals surface area (Å²) in [5.41, 5.74) is 3.07. The van der Waals surface area contributed by atoms with E-state index in [1.54, 1.807) is 6.20 Å². The maximum Gasteiger partial charge on any atom is 0.261 e. The third-order valence-corrected chi connectivity index (χ3v) is 7.15. The summed E-state index contributed by atoms with van der Waals surface area (Å²) in [6.45, 7) is 0.366. The smallest absolute Gasteiger partial charge is 0.261 e. The molecule has 1 aliphatic carbocycles. The molecule has 4 nitrogen and oxygen atoms in total. The van der Waals surface area contributed by atoms with E-state index in [1.807, 2.05) is 29.2 Å². The summed E-state index contributed by atoms with van der Waals surface area (Å²) in [5, 5.41) is 14.1. The number of aromatic nitrogens is 1. The molecule has 1 aliphatic heterocycles. The van der Waals surface area contributed by atoms with Crippen molar-refractivity contribution in [3.05, 3.63) is 53.4 Å². The molecule has 2 aliphatic rings. The van der Waals surface area contributed by atoms with Gasteiger partial charge in [-0.1, -0.05) is 17.7 Å². The summed E-state index contributed by atoms with van der Waals surface area (Å²) in [7, 11) is 0. The van der Waals surface area contributed by atoms with Crippen LogP contribution in [0.2, 0.25) is 5.02 Å². The van der Waals surface area contributed by atoms with E-state index in [0.29, 0.717) is 12.1 Å². The molecule has 1 saturated carbocycles. The number of rotatable bonds is 4. The number of pyridine rings is 1. The number of phenols is 1. The highest BCUT2D eigenvalue weighted by Crippen LogP contribution is 2.36. The van der Waals surface area contributed by atoms with Crippen LogP contribution in [-0.4, -0.2) is 46.1 Å². The number of aromatic hydroxyl groups is 1. The molecule has 2 fully saturated rings. The Balaban J connectivity index is 1.33. The fraction of sp³-hybridized carbons (Fsp3) is 0.400. The largest absolute Gasteiger partial charge is 0.504 e. The van der Waals surface area contributed by atoms with Gasteiger partial charge in [0.15, 0.2) is 11.6 Å². The lowest BCUT2D eigenvalue weighted by molar-refractivity contribution is 0.00535. The first-order valence-corrected chi connectivity index (χ1v) is 11.6. The molecule has 0 bridgehead atoms. The summed E-state index contributed by atoms with van der Waals surface area (Å²) < 4.78 is 41.2. The maximum atomic E-state index is 14.0. The highest BCUT2D eigenvalue weighted by Gasteiger charge is 2.41. The Hall–Kier alpha value is -2.51. The molecule has 1 saturated heterocycles. The number of fused-ring (bicyclic) bond motifs is 1. The highest BCUT2D eigenvalue weighted by molar-refractivity contribution is 6.32. The van der Waals surface area contributed by atoms with Crippen LogP contribution < -0.4 is 5.32 Å². The molecule has 2 N–H and O–H groups in total. The number of nitrogens with zero attached hydrogens (tertiary/aromatic N) is 2. The Morgan fingerprint density at radius 3 is 2.55 bits per heavy atom. The quantitative estimate of drug-likeness (QED) is 0.454. The lowest BCUT2D eigenvalue weighted by Gasteiger charge is -2.35. The molecule has 0 atom stereocenters. The number of hydrogen-bond donors (Lipinski definition) is 2. The van der Waals surface area contributed by atoms with E-state index in [1.165, 1.54) is 12.1 Å². The minimum Gasteiger partial charge on any atom is -0.504 e. The zero-order chi connectivity index (χ0) is 23.2. The second-order valence-corrected chi connectivity index (χ2v) is 9.51. The van der Waals surface area contributed by atoms with E-state index in [-0.39, 0.29) is 30.1 Å². The van der Waals surface area contributed by atoms with E-state index < -0.39 is 17.5 Å². The SMILES string of the molecule is Oc1c(F)cc(-c2ccc3nccc(NC4CCC(N5CCC(F)(F)C5)CC4)c3c2)cc1Cl. The zero-order valence-electron chi connectivity index (χ0n) is 18.0. The van der Waals surface area contributed by atoms with Gasteiger partial charge in [-0.3, -0.25) is 9.88 Å². The predicted molar refractivity (Wildman–Crippen MR) is 125 cm³/mol. The first kappa shape index (κ1) is 22.3. The van der Waals surface area contributed by atoms with Crippen molar-refractivity contribution in [2.75, 3.05) is 18.4 Å². The average molecular weight is 476 g/mol. The second kappa shape index (κ2) is 8.69. The second-order valence-electron chi connectivity index (χ2n) is 9.11. The average Bonchev–Trinajstić information content (AvgIpc) is 3.17. The standard InChI is InChI=1S/C25H25ClF3N3O/c26-20-12-16(13-21(27)24(20)33)15-1-6-22-19(11-15)23(7-9-30-22)31-17-2-4-18(5-3-17)32-10-8-25(28,29)14-32/h1,6-7,9,11-13,17-18,33H,2-5,8,10,14H2,(H,30,31). The molecule has 0 spiro atoms. The van der Waals surface area contributed by atoms with Crippen LogP contribution in [0.3, 0.4) is 0 Å². The first-order valence-electron chi connectivity index (χ1n) is 11.2. The third kappa shape index (κ3) is 4.62. The fourth-order valence-corrected chi connectivity index (χ4v) is 5.27. The maximum absolute atomic E-state index is 14.0. The summed E-state index contributed by atoms with van der Waals surface area (Å²) >= 11 is 5.96. The summed E-state index contributed by atoms with van der Waals surface area (Å²) in [4.78, 5) is 6.39. The van der Waals surface area contributed by atoms with Crippen LogP contribution >= 0.6 is 11.6 Å². The molecular weight excluding hydrogens is 451 g/mol. The number of anilines is 1. The first-order chi connectivity index (χ1) is 15.8. The molecule has 174 valence electrons. The van der Waals surface area contributed by atoms with Gasteiger partial charge in [0.1, 0.15) is 0 Å². The van der Waals surface area contributed by atoms with Crippen molar-refractivity contribution in [1.82, 2.24) is 9.88 Å². The van der Waals surface area contributed by atoms with Crippen molar-refractivity contribution in [1.29, 1.82) is 0 Å². The summed E-state index contributed by atoms with van der Waals surface area (Å²) in [5.74, 6) is -3.87. The van der Waals surface area contributed by atoms with Crippen molar-refractivity contribution in [3.63, 3.8) is 0 Å². The van der Waals surface area contributed by atoms with Crippen LogP contribution in [0.25, 0.3) is 22.0 Å². The number of likely N-dealkylation sites (tertiary alicyclic amines) is 1. The summed E-state index contributed by atoms with van der Waals surface area (Å²) in [6, 6.07) is 10.8. The van der Waals surface area contributed by atoms with Crippen molar-refractivity contribution >= 4 is 28.2 Å². The van der Waals surface area contributed by atoms with Crippen molar-refractivity contribution in [2.45, 2.75) is 50.1 Å². The number of alkyl halides is 2. The van der Waals surface area contributed by atoms with Crippen LogP contribution in [0.4, 0.5) is 18.9 Å². The Morgan fingerprint density at radius 2 is 1.85 bits per heavy atom. The van der Waals surface area contributed by atoms with Crippen LogP contribution in [0.5, 0.6) is 5.75 Å². The van der Waals surface area contributed by atoms with Gasteiger partial charge in [-0.25, -0.2) is 13.2 Å². The van der Waals surface area contributed by atoms with Gasteiger partial charge >= 0.3 is 0 Å². The number of halogens is 4. The fourth-order valence-electron chi connectivity index (χ4n) is 5.06. The number of hydrogen-bond acceptors (Lipinski definition) is 4. The number of phenolic OH excluding ortho intramolecular Hbond substituents is 1. The van der Waals surface area contributed by atoms with Gasteiger partial charge in [-0.05, 0) is 67.1 Å². The molecule has 33 heavy (non-hydrogen) atoms.